The number of nitrogens with zero attached hydrogens (tertiary/aromatic N) is 6. The van der Waals surface area contributed by atoms with Crippen molar-refractivity contribution in [2.24, 2.45) is 0 Å². The van der Waals surface area contributed by atoms with Crippen LogP contribution in [0.25, 0.3) is 0 Å². The van der Waals surface area contributed by atoms with Crippen molar-refractivity contribution in [1.82, 2.24) is 19.8 Å². The van der Waals surface area contributed by atoms with Crippen LogP contribution < -0.4 is 25.2 Å². The predicted molar refractivity (Wildman–Crippen MR) is 163 cm³/mol. The van der Waals surface area contributed by atoms with Gasteiger partial charge in [-0.25, -0.2) is 18.6 Å². The molecule has 11 nitrogen and oxygen atoms in total. The van der Waals surface area contributed by atoms with Crippen molar-refractivity contribution >= 4 is 40.8 Å². The van der Waals surface area contributed by atoms with Crippen molar-refractivity contribution in [3.63, 3.8) is 0 Å². The van der Waals surface area contributed by atoms with Crippen molar-refractivity contribution in [2.45, 2.75) is 70.7 Å². The Labute approximate surface area is 259 Å². The smallest absolute Gasteiger partial charge is 0.387 e. The van der Waals surface area contributed by atoms with Crippen LogP contribution in [0.15, 0.2) is 31.0 Å². The highest BCUT2D eigenvalue weighted by molar-refractivity contribution is 6.02. The van der Waals surface area contributed by atoms with E-state index < -0.39 is 24.5 Å². The average molecular weight is 635 g/mol. The van der Waals surface area contributed by atoms with Crippen LogP contribution in [0.3, 0.4) is 0 Å². The Bertz CT molecular complexity index is 1420. The molecule has 2 fully saturated rings. The molecule has 0 radical (unpaired) electrons. The van der Waals surface area contributed by atoms with Crippen molar-refractivity contribution in [3.05, 3.63) is 36.5 Å². The summed E-state index contributed by atoms with van der Waals surface area (Å²) >= 11 is 0. The topological polar surface area (TPSA) is 106 Å². The molecule has 3 aliphatic rings. The Morgan fingerprint density at radius 2 is 1.82 bits per heavy atom. The third-order valence-electron chi connectivity index (χ3n) is 8.39. The number of hydrogen-bond donors (Lipinski definition) is 2. The molecule has 3 heterocycles. The van der Waals surface area contributed by atoms with Gasteiger partial charge < -0.3 is 30.1 Å². The lowest BCUT2D eigenvalue weighted by Gasteiger charge is -2.43. The van der Waals surface area contributed by atoms with Gasteiger partial charge in [-0.1, -0.05) is 6.58 Å². The Morgan fingerprint density at radius 3 is 2.44 bits per heavy atom. The zero-order valence-electron chi connectivity index (χ0n) is 25.5. The molecule has 0 unspecified atom stereocenters. The van der Waals surface area contributed by atoms with Gasteiger partial charge in [0.05, 0.1) is 23.6 Å². The summed E-state index contributed by atoms with van der Waals surface area (Å²) in [6.45, 7) is 6.95. The number of carbonyl (C=O) groups excluding carboxylic acids is 2. The minimum Gasteiger partial charge on any atom is -0.433 e. The van der Waals surface area contributed by atoms with E-state index >= 15 is 0 Å². The van der Waals surface area contributed by atoms with Gasteiger partial charge in [-0.05, 0) is 45.9 Å². The summed E-state index contributed by atoms with van der Waals surface area (Å²) in [5.41, 5.74) is 1.49. The van der Waals surface area contributed by atoms with Crippen molar-refractivity contribution in [1.29, 1.82) is 0 Å². The maximum Gasteiger partial charge on any atom is 0.387 e. The zero-order valence-corrected chi connectivity index (χ0v) is 25.5. The zero-order chi connectivity index (χ0) is 32.5. The number of fused-ring (bicyclic) bond motifs is 1. The standard InChI is InChI=1S/C30H38F4N8O3/c1-5-25(43)36-21-14-22(24(45-27(31)32)15-23(21)40-12-10-39(4)11-13-40)37-28-35-16-19-17-41(18(2)3)29(44)42(26(19)38-28)20-6-8-30(33,34)9-7-20/h5,14-16,18,20,27H,1,6-13,17H2,2-4H3,(H,36,43)(H,35,37,38). The number of urea groups is 1. The molecule has 0 atom stereocenters. The van der Waals surface area contributed by atoms with Gasteiger partial charge in [0, 0.05) is 68.9 Å². The van der Waals surface area contributed by atoms with Crippen molar-refractivity contribution in [2.75, 3.05) is 53.7 Å². The molecule has 15 heteroatoms. The molecule has 2 aliphatic heterocycles. The van der Waals surface area contributed by atoms with Crippen LogP contribution in [-0.4, -0.2) is 89.6 Å². The van der Waals surface area contributed by atoms with Gasteiger partial charge in [-0.2, -0.15) is 13.8 Å². The second-order valence-corrected chi connectivity index (χ2v) is 11.9. The molecule has 1 aliphatic carbocycles. The third-order valence-corrected chi connectivity index (χ3v) is 8.39. The van der Waals surface area contributed by atoms with E-state index in [4.69, 9.17) is 4.74 Å². The van der Waals surface area contributed by atoms with Crippen LogP contribution >= 0.6 is 0 Å². The van der Waals surface area contributed by atoms with Gasteiger partial charge in [-0.15, -0.1) is 0 Å². The van der Waals surface area contributed by atoms with Gasteiger partial charge >= 0.3 is 12.6 Å². The fraction of sp³-hybridized carbons (Fsp3) is 0.533. The quantitative estimate of drug-likeness (QED) is 0.278. The Balaban J connectivity index is 1.53. The van der Waals surface area contributed by atoms with Crippen molar-refractivity contribution < 1.29 is 31.9 Å². The lowest BCUT2D eigenvalue weighted by molar-refractivity contribution is -0.111. The van der Waals surface area contributed by atoms with E-state index in [9.17, 15) is 27.2 Å². The molecular formula is C30H38F4N8O3. The molecule has 0 spiro atoms. The first-order valence-electron chi connectivity index (χ1n) is 15.0. The number of alkyl halides is 4. The fourth-order valence-electron chi connectivity index (χ4n) is 5.85. The molecule has 244 valence electrons. The summed E-state index contributed by atoms with van der Waals surface area (Å²) in [7, 11) is 1.98. The number of benzene rings is 1. The van der Waals surface area contributed by atoms with Crippen LogP contribution in [0.1, 0.15) is 45.1 Å². The van der Waals surface area contributed by atoms with Crippen LogP contribution in [0.5, 0.6) is 5.75 Å². The number of carbonyl (C=O) groups is 2. The van der Waals surface area contributed by atoms with Gasteiger partial charge in [0.25, 0.3) is 0 Å². The molecule has 1 saturated carbocycles. The average Bonchev–Trinajstić information content (AvgIpc) is 2.98. The van der Waals surface area contributed by atoms with E-state index in [1.807, 2.05) is 25.8 Å². The Hall–Kier alpha value is -4.14. The summed E-state index contributed by atoms with van der Waals surface area (Å²) in [4.78, 5) is 42.2. The summed E-state index contributed by atoms with van der Waals surface area (Å²) in [5.74, 6) is -3.24. The minimum atomic E-state index is -3.15. The number of rotatable bonds is 9. The second kappa shape index (κ2) is 13.1. The number of nitrogens with one attached hydrogen (secondary N) is 2. The minimum absolute atomic E-state index is 0.0295. The SMILES string of the molecule is C=CC(=O)Nc1cc(Nc2ncc3c(n2)N(C2CCC(F)(F)CC2)C(=O)N(C(C)C)C3)c(OC(F)F)cc1N1CCN(C)CC1. The van der Waals surface area contributed by atoms with Crippen molar-refractivity contribution in [3.8, 4) is 5.75 Å². The molecule has 2 aromatic rings. The monoisotopic (exact) mass is 634 g/mol. The van der Waals surface area contributed by atoms with Crippen LogP contribution in [0.4, 0.5) is 51.2 Å². The largest absolute Gasteiger partial charge is 0.433 e. The van der Waals surface area contributed by atoms with E-state index in [0.29, 0.717) is 30.0 Å². The number of hydrogen-bond acceptors (Lipinski definition) is 8. The highest BCUT2D eigenvalue weighted by Crippen LogP contribution is 2.42. The molecular weight excluding hydrogens is 596 g/mol. The lowest BCUT2D eigenvalue weighted by Crippen LogP contribution is -2.55. The van der Waals surface area contributed by atoms with Gasteiger partial charge in [0.1, 0.15) is 5.82 Å². The maximum absolute atomic E-state index is 14.0. The van der Waals surface area contributed by atoms with E-state index in [2.05, 4.69) is 32.1 Å². The lowest BCUT2D eigenvalue weighted by atomic mass is 9.90. The number of ether oxygens (including phenoxy) is 1. The number of amides is 3. The van der Waals surface area contributed by atoms with E-state index in [0.717, 1.165) is 19.2 Å². The first-order chi connectivity index (χ1) is 21.3. The first-order valence-corrected chi connectivity index (χ1v) is 15.0. The van der Waals surface area contributed by atoms with Crippen LogP contribution in [0, 0.1) is 0 Å². The van der Waals surface area contributed by atoms with Crippen LogP contribution in [0.2, 0.25) is 0 Å². The summed E-state index contributed by atoms with van der Waals surface area (Å²) in [6.07, 6.45) is 2.14. The highest BCUT2D eigenvalue weighted by atomic mass is 19.3. The number of halogens is 4. The summed E-state index contributed by atoms with van der Waals surface area (Å²) in [5, 5.41) is 5.67. The van der Waals surface area contributed by atoms with Crippen LogP contribution in [-0.2, 0) is 11.3 Å². The second-order valence-electron chi connectivity index (χ2n) is 11.9. The molecule has 5 rings (SSSR count). The van der Waals surface area contributed by atoms with Gasteiger partial charge in [0.15, 0.2) is 5.75 Å². The molecule has 2 N–H and O–H groups in total. The summed E-state index contributed by atoms with van der Waals surface area (Å²) in [6, 6.07) is 1.89. The molecule has 45 heavy (non-hydrogen) atoms. The number of aromatic nitrogens is 2. The molecule has 0 bridgehead atoms. The number of likely N-dealkylation sites (N-methyl/N-ethyl adjacent to an activating group) is 1. The Morgan fingerprint density at radius 1 is 1.13 bits per heavy atom. The van der Waals surface area contributed by atoms with E-state index in [-0.39, 0.29) is 67.5 Å². The molecule has 1 aromatic carbocycles. The van der Waals surface area contributed by atoms with Gasteiger partial charge in [0.2, 0.25) is 17.8 Å². The number of piperazine rings is 1. The van der Waals surface area contributed by atoms with E-state index in [1.165, 1.54) is 23.2 Å². The third kappa shape index (κ3) is 7.24. The predicted octanol–water partition coefficient (Wildman–Crippen LogP) is 5.43. The Kier molecular flexibility index (Phi) is 9.37. The van der Waals surface area contributed by atoms with E-state index in [1.54, 1.807) is 4.90 Å². The highest BCUT2D eigenvalue weighted by Gasteiger charge is 2.43. The molecule has 1 aromatic heterocycles. The molecule has 1 saturated heterocycles. The van der Waals surface area contributed by atoms with Gasteiger partial charge in [-0.3, -0.25) is 9.69 Å². The summed E-state index contributed by atoms with van der Waals surface area (Å²) < 4.78 is 60.2. The first kappa shape index (κ1) is 32.3. The molecule has 3 amide bonds. The normalized spacial score (nSPS) is 19.1. The maximum atomic E-state index is 14.0. The fourth-order valence-corrected chi connectivity index (χ4v) is 5.85. The number of anilines is 5.